The van der Waals surface area contributed by atoms with Crippen molar-refractivity contribution in [3.63, 3.8) is 0 Å². The predicted molar refractivity (Wildman–Crippen MR) is 83.8 cm³/mol. The quantitative estimate of drug-likeness (QED) is 0.888. The van der Waals surface area contributed by atoms with E-state index in [4.69, 9.17) is 4.74 Å². The minimum atomic E-state index is -0.255. The summed E-state index contributed by atoms with van der Waals surface area (Å²) in [6.45, 7) is 4.57. The minimum absolute atomic E-state index is 0.0380. The molecule has 2 aliphatic rings. The zero-order chi connectivity index (χ0) is 16.2. The fourth-order valence-electron chi connectivity index (χ4n) is 3.31. The summed E-state index contributed by atoms with van der Waals surface area (Å²) in [4.78, 5) is 25.9. The first-order valence-corrected chi connectivity index (χ1v) is 8.31. The number of imide groups is 1. The van der Waals surface area contributed by atoms with Crippen LogP contribution >= 0.6 is 0 Å². The highest BCUT2D eigenvalue weighted by molar-refractivity contribution is 5.97. The van der Waals surface area contributed by atoms with Crippen LogP contribution < -0.4 is 5.32 Å². The van der Waals surface area contributed by atoms with Gasteiger partial charge in [0.2, 0.25) is 5.91 Å². The Hall–Kier alpha value is -1.89. The Balaban J connectivity index is 1.49. The van der Waals surface area contributed by atoms with Crippen LogP contribution in [0.2, 0.25) is 0 Å². The molecule has 7 nitrogen and oxygen atoms in total. The first-order chi connectivity index (χ1) is 11.1. The number of amides is 3. The van der Waals surface area contributed by atoms with Crippen LogP contribution in [0.4, 0.5) is 4.79 Å². The Kier molecular flexibility index (Phi) is 4.95. The highest BCUT2D eigenvalue weighted by Crippen LogP contribution is 2.24. The van der Waals surface area contributed by atoms with Gasteiger partial charge in [0.1, 0.15) is 0 Å². The number of nitrogens with one attached hydrogen (secondary N) is 1. The fourth-order valence-corrected chi connectivity index (χ4v) is 3.31. The average molecular weight is 320 g/mol. The number of ether oxygens (including phenoxy) is 1. The number of aromatic nitrogens is 2. The Morgan fingerprint density at radius 1 is 1.30 bits per heavy atom. The molecule has 3 heterocycles. The van der Waals surface area contributed by atoms with E-state index in [0.717, 1.165) is 31.6 Å². The summed E-state index contributed by atoms with van der Waals surface area (Å²) in [5, 5.41) is 7.22. The SMILES string of the molecule is Cc1cnn(CCCN2C(=O)CC(C3CCOCC3)NC2=O)c1. The molecule has 1 aromatic rings. The van der Waals surface area contributed by atoms with E-state index >= 15 is 0 Å². The van der Waals surface area contributed by atoms with Crippen LogP contribution in [0.5, 0.6) is 0 Å². The van der Waals surface area contributed by atoms with Gasteiger partial charge in [-0.3, -0.25) is 14.4 Å². The molecular weight excluding hydrogens is 296 g/mol. The maximum Gasteiger partial charge on any atom is 0.324 e. The first kappa shape index (κ1) is 16.0. The lowest BCUT2D eigenvalue weighted by molar-refractivity contribution is -0.131. The molecule has 7 heteroatoms. The molecule has 2 saturated heterocycles. The van der Waals surface area contributed by atoms with Gasteiger partial charge in [0.15, 0.2) is 0 Å². The highest BCUT2D eigenvalue weighted by atomic mass is 16.5. The normalized spacial score (nSPS) is 23.2. The van der Waals surface area contributed by atoms with E-state index < -0.39 is 0 Å². The number of aryl methyl sites for hydroxylation is 2. The van der Waals surface area contributed by atoms with Crippen molar-refractivity contribution in [2.24, 2.45) is 5.92 Å². The number of carbonyl (C=O) groups excluding carboxylic acids is 2. The third-order valence-corrected chi connectivity index (χ3v) is 4.62. The zero-order valence-electron chi connectivity index (χ0n) is 13.5. The topological polar surface area (TPSA) is 76.5 Å². The molecule has 0 radical (unpaired) electrons. The molecule has 23 heavy (non-hydrogen) atoms. The van der Waals surface area contributed by atoms with Crippen molar-refractivity contribution in [1.29, 1.82) is 0 Å². The lowest BCUT2D eigenvalue weighted by Gasteiger charge is -2.37. The smallest absolute Gasteiger partial charge is 0.324 e. The van der Waals surface area contributed by atoms with Gasteiger partial charge in [-0.2, -0.15) is 5.10 Å². The van der Waals surface area contributed by atoms with Gasteiger partial charge in [0.05, 0.1) is 6.20 Å². The zero-order valence-corrected chi connectivity index (χ0v) is 13.5. The van der Waals surface area contributed by atoms with Gasteiger partial charge in [0.25, 0.3) is 0 Å². The van der Waals surface area contributed by atoms with Crippen molar-refractivity contribution in [3.05, 3.63) is 18.0 Å². The van der Waals surface area contributed by atoms with E-state index in [1.807, 2.05) is 17.8 Å². The Morgan fingerprint density at radius 2 is 2.09 bits per heavy atom. The van der Waals surface area contributed by atoms with Crippen molar-refractivity contribution in [1.82, 2.24) is 20.0 Å². The van der Waals surface area contributed by atoms with E-state index in [2.05, 4.69) is 10.4 Å². The van der Waals surface area contributed by atoms with Crippen LogP contribution in [-0.2, 0) is 16.1 Å². The molecule has 1 N–H and O–H groups in total. The van der Waals surface area contributed by atoms with Gasteiger partial charge >= 0.3 is 6.03 Å². The Labute approximate surface area is 136 Å². The number of carbonyl (C=O) groups is 2. The predicted octanol–water partition coefficient (Wildman–Crippen LogP) is 1.32. The molecule has 0 aromatic carbocycles. The standard InChI is InChI=1S/C16H24N4O3/c1-12-10-17-19(11-12)5-2-6-20-15(21)9-14(18-16(20)22)13-3-7-23-8-4-13/h10-11,13-14H,2-9H2,1H3,(H,18,22). The Bertz CT molecular complexity index is 547. The summed E-state index contributed by atoms with van der Waals surface area (Å²) < 4.78 is 7.19. The highest BCUT2D eigenvalue weighted by Gasteiger charge is 2.36. The van der Waals surface area contributed by atoms with Crippen LogP contribution in [-0.4, -0.2) is 52.4 Å². The fraction of sp³-hybridized carbons (Fsp3) is 0.688. The molecule has 0 spiro atoms. The van der Waals surface area contributed by atoms with Crippen molar-refractivity contribution in [2.75, 3.05) is 19.8 Å². The molecule has 3 amide bonds. The van der Waals surface area contributed by atoms with E-state index in [-0.39, 0.29) is 18.0 Å². The van der Waals surface area contributed by atoms with Crippen molar-refractivity contribution < 1.29 is 14.3 Å². The summed E-state index contributed by atoms with van der Waals surface area (Å²) in [5.41, 5.74) is 1.11. The second kappa shape index (κ2) is 7.12. The third kappa shape index (κ3) is 3.90. The summed E-state index contributed by atoms with van der Waals surface area (Å²) in [7, 11) is 0. The van der Waals surface area contributed by atoms with E-state index in [1.54, 1.807) is 6.20 Å². The first-order valence-electron chi connectivity index (χ1n) is 8.31. The van der Waals surface area contributed by atoms with Crippen molar-refractivity contribution >= 4 is 11.9 Å². The third-order valence-electron chi connectivity index (χ3n) is 4.62. The van der Waals surface area contributed by atoms with Gasteiger partial charge in [-0.1, -0.05) is 0 Å². The number of urea groups is 1. The number of rotatable bonds is 5. The van der Waals surface area contributed by atoms with E-state index in [9.17, 15) is 9.59 Å². The van der Waals surface area contributed by atoms with Crippen LogP contribution in [0.1, 0.15) is 31.2 Å². The molecule has 1 atom stereocenters. The van der Waals surface area contributed by atoms with Gasteiger partial charge in [-0.15, -0.1) is 0 Å². The maximum absolute atomic E-state index is 12.3. The lowest BCUT2D eigenvalue weighted by atomic mass is 9.88. The molecule has 2 aliphatic heterocycles. The Morgan fingerprint density at radius 3 is 2.74 bits per heavy atom. The van der Waals surface area contributed by atoms with Crippen LogP contribution in [0.3, 0.4) is 0 Å². The molecule has 0 bridgehead atoms. The maximum atomic E-state index is 12.3. The number of nitrogens with zero attached hydrogens (tertiary/aromatic N) is 3. The van der Waals surface area contributed by atoms with Crippen molar-refractivity contribution in [3.8, 4) is 0 Å². The molecule has 1 unspecified atom stereocenters. The molecule has 2 fully saturated rings. The molecule has 0 saturated carbocycles. The van der Waals surface area contributed by atoms with E-state index in [0.29, 0.717) is 31.8 Å². The summed E-state index contributed by atoms with van der Waals surface area (Å²) >= 11 is 0. The summed E-state index contributed by atoms with van der Waals surface area (Å²) in [6, 6.07) is -0.293. The molecule has 1 aromatic heterocycles. The van der Waals surface area contributed by atoms with Gasteiger partial charge in [0, 0.05) is 45.0 Å². The largest absolute Gasteiger partial charge is 0.381 e. The van der Waals surface area contributed by atoms with Gasteiger partial charge in [-0.25, -0.2) is 4.79 Å². The molecule has 0 aliphatic carbocycles. The average Bonchev–Trinajstić information content (AvgIpc) is 2.96. The lowest BCUT2D eigenvalue weighted by Crippen LogP contribution is -2.57. The van der Waals surface area contributed by atoms with Crippen LogP contribution in [0, 0.1) is 12.8 Å². The summed E-state index contributed by atoms with van der Waals surface area (Å²) in [6.07, 6.45) is 6.70. The van der Waals surface area contributed by atoms with Crippen LogP contribution in [0.25, 0.3) is 0 Å². The second-order valence-electron chi connectivity index (χ2n) is 6.39. The summed E-state index contributed by atoms with van der Waals surface area (Å²) in [5.74, 6) is 0.285. The number of hydrogen-bond donors (Lipinski definition) is 1. The van der Waals surface area contributed by atoms with Gasteiger partial charge in [-0.05, 0) is 37.7 Å². The van der Waals surface area contributed by atoms with Crippen LogP contribution in [0.15, 0.2) is 12.4 Å². The molecule has 3 rings (SSSR count). The van der Waals surface area contributed by atoms with E-state index in [1.165, 1.54) is 4.90 Å². The minimum Gasteiger partial charge on any atom is -0.381 e. The van der Waals surface area contributed by atoms with Crippen molar-refractivity contribution in [2.45, 2.75) is 45.2 Å². The molecule has 126 valence electrons. The second-order valence-corrected chi connectivity index (χ2v) is 6.39. The van der Waals surface area contributed by atoms with Gasteiger partial charge < -0.3 is 10.1 Å². The molecular formula is C16H24N4O3. The number of hydrogen-bond acceptors (Lipinski definition) is 4. The monoisotopic (exact) mass is 320 g/mol.